The Balaban J connectivity index is 2.75. The van der Waals surface area contributed by atoms with E-state index in [-0.39, 0.29) is 11.1 Å². The molecule has 13 heavy (non-hydrogen) atoms. The zero-order valence-electron chi connectivity index (χ0n) is 6.30. The van der Waals surface area contributed by atoms with Crippen LogP contribution in [0.25, 0.3) is 11.1 Å². The SMILES string of the molecule is FC(F)(F)c1ccnc2occc12. The molecule has 0 spiro atoms. The van der Waals surface area contributed by atoms with Crippen molar-refractivity contribution >= 4 is 11.1 Å². The maximum atomic E-state index is 12.3. The van der Waals surface area contributed by atoms with E-state index >= 15 is 0 Å². The largest absolute Gasteiger partial charge is 0.446 e. The van der Waals surface area contributed by atoms with Gasteiger partial charge >= 0.3 is 6.18 Å². The van der Waals surface area contributed by atoms with Gasteiger partial charge < -0.3 is 4.42 Å². The Kier molecular flexibility index (Phi) is 1.55. The molecule has 0 saturated heterocycles. The van der Waals surface area contributed by atoms with E-state index in [0.717, 1.165) is 12.3 Å². The van der Waals surface area contributed by atoms with Gasteiger partial charge in [0.2, 0.25) is 5.71 Å². The van der Waals surface area contributed by atoms with E-state index in [2.05, 4.69) is 4.98 Å². The second kappa shape index (κ2) is 2.48. The smallest absolute Gasteiger partial charge is 0.417 e. The number of rotatable bonds is 0. The standard InChI is InChI=1S/C8H4F3NO/c9-8(10,11)6-1-3-12-7-5(6)2-4-13-7/h1-4H. The van der Waals surface area contributed by atoms with Gasteiger partial charge in [-0.1, -0.05) is 0 Å². The third-order valence-corrected chi connectivity index (χ3v) is 1.67. The molecule has 5 heteroatoms. The topological polar surface area (TPSA) is 26.0 Å². The van der Waals surface area contributed by atoms with Crippen molar-refractivity contribution in [2.24, 2.45) is 0 Å². The number of alkyl halides is 3. The summed E-state index contributed by atoms with van der Waals surface area (Å²) < 4.78 is 41.7. The Bertz CT molecular complexity index is 432. The molecule has 2 rings (SSSR count). The van der Waals surface area contributed by atoms with E-state index in [0.29, 0.717) is 0 Å². The summed E-state index contributed by atoms with van der Waals surface area (Å²) in [6, 6.07) is 2.18. The third kappa shape index (κ3) is 1.26. The molecule has 0 amide bonds. The molecule has 0 radical (unpaired) electrons. The molecule has 0 aliphatic carbocycles. The molecule has 0 aromatic carbocycles. The van der Waals surface area contributed by atoms with Gasteiger partial charge in [-0.3, -0.25) is 0 Å². The zero-order chi connectivity index (χ0) is 9.47. The summed E-state index contributed by atoms with van der Waals surface area (Å²) in [6.07, 6.45) is -2.09. The Morgan fingerprint density at radius 1 is 1.23 bits per heavy atom. The lowest BCUT2D eigenvalue weighted by molar-refractivity contribution is -0.136. The molecule has 2 aromatic heterocycles. The highest BCUT2D eigenvalue weighted by Gasteiger charge is 2.33. The molecule has 2 aromatic rings. The first kappa shape index (κ1) is 8.10. The van der Waals surface area contributed by atoms with Crippen molar-refractivity contribution in [3.8, 4) is 0 Å². The van der Waals surface area contributed by atoms with E-state index in [1.807, 2.05) is 0 Å². The van der Waals surface area contributed by atoms with Crippen LogP contribution in [0, 0.1) is 0 Å². The molecule has 0 aliphatic heterocycles. The fraction of sp³-hybridized carbons (Fsp3) is 0.125. The van der Waals surface area contributed by atoms with E-state index < -0.39 is 11.7 Å². The number of hydrogen-bond donors (Lipinski definition) is 0. The summed E-state index contributed by atoms with van der Waals surface area (Å²) >= 11 is 0. The van der Waals surface area contributed by atoms with Crippen molar-refractivity contribution in [2.75, 3.05) is 0 Å². The van der Waals surface area contributed by atoms with E-state index in [1.54, 1.807) is 0 Å². The second-order valence-electron chi connectivity index (χ2n) is 2.50. The van der Waals surface area contributed by atoms with Crippen LogP contribution in [0.4, 0.5) is 13.2 Å². The minimum absolute atomic E-state index is 0.00463. The van der Waals surface area contributed by atoms with Crippen LogP contribution < -0.4 is 0 Å². The number of fused-ring (bicyclic) bond motifs is 1. The van der Waals surface area contributed by atoms with Crippen LogP contribution in [0.3, 0.4) is 0 Å². The normalized spacial score (nSPS) is 12.2. The van der Waals surface area contributed by atoms with Gasteiger partial charge in [0, 0.05) is 6.20 Å². The molecule has 2 nitrogen and oxygen atoms in total. The molecule has 0 atom stereocenters. The number of nitrogens with zero attached hydrogens (tertiary/aromatic N) is 1. The molecule has 68 valence electrons. The minimum atomic E-state index is -4.36. The van der Waals surface area contributed by atoms with Gasteiger partial charge in [0.1, 0.15) is 0 Å². The van der Waals surface area contributed by atoms with Crippen LogP contribution in [0.1, 0.15) is 5.56 Å². The van der Waals surface area contributed by atoms with Gasteiger partial charge in [0.25, 0.3) is 0 Å². The Labute approximate surface area is 71.0 Å². The second-order valence-corrected chi connectivity index (χ2v) is 2.50. The van der Waals surface area contributed by atoms with Crippen LogP contribution in [0.5, 0.6) is 0 Å². The van der Waals surface area contributed by atoms with Gasteiger partial charge in [-0.15, -0.1) is 0 Å². The number of furan rings is 1. The first-order valence-corrected chi connectivity index (χ1v) is 3.48. The minimum Gasteiger partial charge on any atom is -0.446 e. The molecule has 0 fully saturated rings. The predicted octanol–water partition coefficient (Wildman–Crippen LogP) is 2.85. The van der Waals surface area contributed by atoms with Gasteiger partial charge in [0.15, 0.2) is 0 Å². The van der Waals surface area contributed by atoms with Crippen LogP contribution in [-0.2, 0) is 6.18 Å². The van der Waals surface area contributed by atoms with Crippen LogP contribution in [0.15, 0.2) is 29.0 Å². The average Bonchev–Trinajstić information content (AvgIpc) is 2.48. The van der Waals surface area contributed by atoms with Crippen molar-refractivity contribution < 1.29 is 17.6 Å². The van der Waals surface area contributed by atoms with Gasteiger partial charge in [-0.2, -0.15) is 13.2 Å². The van der Waals surface area contributed by atoms with Crippen molar-refractivity contribution in [2.45, 2.75) is 6.18 Å². The van der Waals surface area contributed by atoms with Gasteiger partial charge in [0.05, 0.1) is 17.2 Å². The van der Waals surface area contributed by atoms with Gasteiger partial charge in [-0.25, -0.2) is 4.98 Å². The summed E-state index contributed by atoms with van der Waals surface area (Å²) in [7, 11) is 0. The molecular formula is C8H4F3NO. The lowest BCUT2D eigenvalue weighted by Crippen LogP contribution is -2.05. The summed E-state index contributed by atoms with van der Waals surface area (Å²) in [5.41, 5.74) is -0.707. The third-order valence-electron chi connectivity index (χ3n) is 1.67. The van der Waals surface area contributed by atoms with Gasteiger partial charge in [-0.05, 0) is 12.1 Å². The average molecular weight is 187 g/mol. The summed E-state index contributed by atoms with van der Waals surface area (Å²) in [5, 5.41) is -0.00463. The fourth-order valence-electron chi connectivity index (χ4n) is 1.12. The lowest BCUT2D eigenvalue weighted by atomic mass is 10.2. The highest BCUT2D eigenvalue weighted by molar-refractivity contribution is 5.77. The van der Waals surface area contributed by atoms with Crippen LogP contribution in [0.2, 0.25) is 0 Å². The lowest BCUT2D eigenvalue weighted by Gasteiger charge is -2.05. The quantitative estimate of drug-likeness (QED) is 0.633. The van der Waals surface area contributed by atoms with E-state index in [9.17, 15) is 13.2 Å². The Hall–Kier alpha value is -1.52. The fourth-order valence-corrected chi connectivity index (χ4v) is 1.12. The van der Waals surface area contributed by atoms with E-state index in [1.165, 1.54) is 12.3 Å². The predicted molar refractivity (Wildman–Crippen MR) is 39.0 cm³/mol. The number of aromatic nitrogens is 1. The maximum Gasteiger partial charge on any atom is 0.417 e. The molecule has 0 saturated carbocycles. The highest BCUT2D eigenvalue weighted by atomic mass is 19.4. The monoisotopic (exact) mass is 187 g/mol. The molecular weight excluding hydrogens is 183 g/mol. The van der Waals surface area contributed by atoms with Crippen molar-refractivity contribution in [3.63, 3.8) is 0 Å². The van der Waals surface area contributed by atoms with Crippen molar-refractivity contribution in [1.82, 2.24) is 4.98 Å². The zero-order valence-corrected chi connectivity index (χ0v) is 6.30. The van der Waals surface area contributed by atoms with Crippen LogP contribution in [-0.4, -0.2) is 4.98 Å². The number of halogens is 3. The maximum absolute atomic E-state index is 12.3. The number of pyridine rings is 1. The molecule has 0 unspecified atom stereocenters. The van der Waals surface area contributed by atoms with Crippen molar-refractivity contribution in [3.05, 3.63) is 30.2 Å². The molecule has 2 heterocycles. The number of hydrogen-bond acceptors (Lipinski definition) is 2. The highest BCUT2D eigenvalue weighted by Crippen LogP contribution is 2.33. The first-order chi connectivity index (χ1) is 6.09. The Morgan fingerprint density at radius 3 is 2.69 bits per heavy atom. The summed E-state index contributed by atoms with van der Waals surface area (Å²) in [5.74, 6) is 0. The van der Waals surface area contributed by atoms with Crippen LogP contribution >= 0.6 is 0 Å². The summed E-state index contributed by atoms with van der Waals surface area (Å²) in [6.45, 7) is 0. The molecule has 0 N–H and O–H groups in total. The first-order valence-electron chi connectivity index (χ1n) is 3.48. The molecule has 0 aliphatic rings. The Morgan fingerprint density at radius 2 is 2.00 bits per heavy atom. The summed E-state index contributed by atoms with van der Waals surface area (Å²) in [4.78, 5) is 3.65. The van der Waals surface area contributed by atoms with E-state index in [4.69, 9.17) is 4.42 Å². The van der Waals surface area contributed by atoms with Crippen molar-refractivity contribution in [1.29, 1.82) is 0 Å². The molecule has 0 bridgehead atoms.